The second-order valence-corrected chi connectivity index (χ2v) is 7.58. The molecule has 136 valence electrons. The Morgan fingerprint density at radius 1 is 1.50 bits per heavy atom. The molecule has 24 heavy (non-hydrogen) atoms. The van der Waals surface area contributed by atoms with Gasteiger partial charge < -0.3 is 15.0 Å². The zero-order valence-electron chi connectivity index (χ0n) is 14.4. The number of nitrogens with zero attached hydrogens (tertiary/aromatic N) is 4. The van der Waals surface area contributed by atoms with Crippen LogP contribution in [-0.4, -0.2) is 75.1 Å². The van der Waals surface area contributed by atoms with Gasteiger partial charge in [0.05, 0.1) is 25.6 Å². The Morgan fingerprint density at radius 3 is 2.92 bits per heavy atom. The Labute approximate surface area is 143 Å². The van der Waals surface area contributed by atoms with Crippen molar-refractivity contribution in [3.05, 3.63) is 18.0 Å². The normalized spacial score (nSPS) is 19.5. The van der Waals surface area contributed by atoms with Crippen molar-refractivity contribution in [1.82, 2.24) is 24.7 Å². The van der Waals surface area contributed by atoms with Crippen molar-refractivity contribution in [2.75, 3.05) is 46.1 Å². The van der Waals surface area contributed by atoms with Crippen LogP contribution >= 0.6 is 0 Å². The molecule has 1 atom stereocenters. The largest absolute Gasteiger partial charge is 0.370 e. The molecule has 0 aromatic carbocycles. The highest BCUT2D eigenvalue weighted by Crippen LogP contribution is 2.21. The molecule has 0 aliphatic carbocycles. The van der Waals surface area contributed by atoms with Gasteiger partial charge in [-0.2, -0.15) is 5.10 Å². The maximum absolute atomic E-state index is 11.0. The number of nitrogens with one attached hydrogen (secondary N) is 2. The molecule has 0 bridgehead atoms. The van der Waals surface area contributed by atoms with E-state index in [1.807, 2.05) is 19.4 Å². The second-order valence-electron chi connectivity index (χ2n) is 5.75. The molecule has 2 rings (SSSR count). The van der Waals surface area contributed by atoms with Gasteiger partial charge in [-0.25, -0.2) is 13.1 Å². The van der Waals surface area contributed by atoms with Crippen molar-refractivity contribution in [1.29, 1.82) is 0 Å². The third-order valence-electron chi connectivity index (χ3n) is 3.68. The molecule has 2 N–H and O–H groups in total. The molecule has 0 radical (unpaired) electrons. The van der Waals surface area contributed by atoms with Gasteiger partial charge in [-0.3, -0.25) is 9.67 Å². The van der Waals surface area contributed by atoms with Crippen molar-refractivity contribution in [3.63, 3.8) is 0 Å². The Balaban J connectivity index is 1.82. The summed E-state index contributed by atoms with van der Waals surface area (Å²) in [5, 5.41) is 7.46. The SMILES string of the molecule is CN=C(NCCCNS(C)(=O)=O)N1CCOC(c2cnn(C)c2)C1. The molecule has 1 aliphatic rings. The lowest BCUT2D eigenvalue weighted by Crippen LogP contribution is -2.48. The summed E-state index contributed by atoms with van der Waals surface area (Å²) in [7, 11) is 0.496. The molecular weight excluding hydrogens is 332 g/mol. The first-order valence-electron chi connectivity index (χ1n) is 7.89. The number of rotatable bonds is 6. The molecule has 1 aliphatic heterocycles. The first kappa shape index (κ1) is 18.7. The fourth-order valence-electron chi connectivity index (χ4n) is 2.53. The molecule has 2 heterocycles. The Hall–Kier alpha value is -1.65. The minimum absolute atomic E-state index is 0.0297. The lowest BCUT2D eigenvalue weighted by atomic mass is 10.1. The van der Waals surface area contributed by atoms with Crippen molar-refractivity contribution >= 4 is 16.0 Å². The Morgan fingerprint density at radius 2 is 2.29 bits per heavy atom. The number of guanidine groups is 1. The average molecular weight is 358 g/mol. The quantitative estimate of drug-likeness (QED) is 0.397. The molecule has 9 nitrogen and oxygen atoms in total. The van der Waals surface area contributed by atoms with Crippen molar-refractivity contribution < 1.29 is 13.2 Å². The zero-order chi connectivity index (χ0) is 17.6. The summed E-state index contributed by atoms with van der Waals surface area (Å²) in [6.45, 7) is 3.13. The lowest BCUT2D eigenvalue weighted by molar-refractivity contribution is -0.00801. The van der Waals surface area contributed by atoms with E-state index in [-0.39, 0.29) is 6.10 Å². The lowest BCUT2D eigenvalue weighted by Gasteiger charge is -2.34. The smallest absolute Gasteiger partial charge is 0.208 e. The topological polar surface area (TPSA) is 101 Å². The van der Waals surface area contributed by atoms with E-state index in [9.17, 15) is 8.42 Å². The van der Waals surface area contributed by atoms with Crippen LogP contribution in [0.4, 0.5) is 0 Å². The fourth-order valence-corrected chi connectivity index (χ4v) is 3.04. The number of sulfonamides is 1. The Bertz CT molecular complexity index is 657. The monoisotopic (exact) mass is 358 g/mol. The number of aromatic nitrogens is 2. The molecule has 1 aromatic rings. The van der Waals surface area contributed by atoms with E-state index in [0.29, 0.717) is 32.7 Å². The number of morpholine rings is 1. The van der Waals surface area contributed by atoms with Crippen LogP contribution in [0.15, 0.2) is 17.4 Å². The second kappa shape index (κ2) is 8.45. The summed E-state index contributed by atoms with van der Waals surface area (Å²) in [6.07, 6.45) is 5.59. The first-order chi connectivity index (χ1) is 11.4. The summed E-state index contributed by atoms with van der Waals surface area (Å²) in [5.74, 6) is 0.798. The zero-order valence-corrected chi connectivity index (χ0v) is 15.2. The molecule has 1 unspecified atom stereocenters. The minimum atomic E-state index is -3.13. The summed E-state index contributed by atoms with van der Waals surface area (Å²) in [4.78, 5) is 6.45. The van der Waals surface area contributed by atoms with Crippen molar-refractivity contribution in [2.24, 2.45) is 12.0 Å². The van der Waals surface area contributed by atoms with Gasteiger partial charge in [0.25, 0.3) is 0 Å². The van der Waals surface area contributed by atoms with Crippen LogP contribution in [0.25, 0.3) is 0 Å². The molecule has 1 fully saturated rings. The van der Waals surface area contributed by atoms with Gasteiger partial charge in [0, 0.05) is 45.5 Å². The van der Waals surface area contributed by atoms with E-state index in [2.05, 4.69) is 25.0 Å². The highest BCUT2D eigenvalue weighted by molar-refractivity contribution is 7.88. The number of hydrogen-bond donors (Lipinski definition) is 2. The average Bonchev–Trinajstić information content (AvgIpc) is 2.96. The summed E-state index contributed by atoms with van der Waals surface area (Å²) in [6, 6.07) is 0. The van der Waals surface area contributed by atoms with E-state index in [0.717, 1.165) is 24.3 Å². The maximum atomic E-state index is 11.0. The molecule has 1 aromatic heterocycles. The fraction of sp³-hybridized carbons (Fsp3) is 0.714. The van der Waals surface area contributed by atoms with E-state index < -0.39 is 10.0 Å². The summed E-state index contributed by atoms with van der Waals surface area (Å²) in [5.41, 5.74) is 1.05. The minimum Gasteiger partial charge on any atom is -0.370 e. The molecule has 0 spiro atoms. The van der Waals surface area contributed by atoms with Crippen LogP contribution in [0.5, 0.6) is 0 Å². The number of aryl methyl sites for hydroxylation is 1. The van der Waals surface area contributed by atoms with E-state index in [4.69, 9.17) is 4.74 Å². The highest BCUT2D eigenvalue weighted by atomic mass is 32.2. The maximum Gasteiger partial charge on any atom is 0.208 e. The number of ether oxygens (including phenoxy) is 1. The third kappa shape index (κ3) is 5.77. The van der Waals surface area contributed by atoms with Crippen LogP contribution in [-0.2, 0) is 21.8 Å². The molecule has 0 saturated carbocycles. The molecular formula is C14H26N6O3S. The van der Waals surface area contributed by atoms with Crippen LogP contribution in [0.2, 0.25) is 0 Å². The van der Waals surface area contributed by atoms with Gasteiger partial charge >= 0.3 is 0 Å². The van der Waals surface area contributed by atoms with Gasteiger partial charge in [-0.05, 0) is 6.42 Å². The molecule has 1 saturated heterocycles. The van der Waals surface area contributed by atoms with Crippen LogP contribution < -0.4 is 10.0 Å². The number of hydrogen-bond acceptors (Lipinski definition) is 5. The van der Waals surface area contributed by atoms with Crippen LogP contribution in [0.1, 0.15) is 18.1 Å². The third-order valence-corrected chi connectivity index (χ3v) is 4.40. The van der Waals surface area contributed by atoms with Gasteiger partial charge in [0.1, 0.15) is 6.10 Å². The van der Waals surface area contributed by atoms with Gasteiger partial charge in [-0.15, -0.1) is 0 Å². The standard InChI is InChI=1S/C14H26N6O3S/c1-15-14(16-5-4-6-18-24(3,21)22)20-7-8-23-13(11-20)12-9-17-19(2)10-12/h9-10,13,18H,4-8,11H2,1-3H3,(H,15,16). The van der Waals surface area contributed by atoms with Crippen molar-refractivity contribution in [3.8, 4) is 0 Å². The van der Waals surface area contributed by atoms with E-state index in [1.165, 1.54) is 0 Å². The summed E-state index contributed by atoms with van der Waals surface area (Å²) >= 11 is 0. The highest BCUT2D eigenvalue weighted by Gasteiger charge is 2.24. The first-order valence-corrected chi connectivity index (χ1v) is 9.78. The number of aliphatic imine (C=N–C) groups is 1. The van der Waals surface area contributed by atoms with E-state index >= 15 is 0 Å². The van der Waals surface area contributed by atoms with Crippen LogP contribution in [0, 0.1) is 0 Å². The predicted octanol–water partition coefficient (Wildman–Crippen LogP) is -0.692. The van der Waals surface area contributed by atoms with Gasteiger partial charge in [-0.1, -0.05) is 0 Å². The Kier molecular flexibility index (Phi) is 6.58. The van der Waals surface area contributed by atoms with Gasteiger partial charge in [0.15, 0.2) is 5.96 Å². The van der Waals surface area contributed by atoms with Gasteiger partial charge in [0.2, 0.25) is 10.0 Å². The van der Waals surface area contributed by atoms with Crippen molar-refractivity contribution in [2.45, 2.75) is 12.5 Å². The summed E-state index contributed by atoms with van der Waals surface area (Å²) < 4.78 is 32.1. The van der Waals surface area contributed by atoms with E-state index in [1.54, 1.807) is 11.7 Å². The predicted molar refractivity (Wildman–Crippen MR) is 92.3 cm³/mol. The molecule has 0 amide bonds. The van der Waals surface area contributed by atoms with Crippen LogP contribution in [0.3, 0.4) is 0 Å². The molecule has 10 heteroatoms.